The number of nitrogens with two attached hydrogens (primary N) is 2. The Morgan fingerprint density at radius 3 is 2.59 bits per heavy atom. The molecule has 2 amide bonds. The van der Waals surface area contributed by atoms with Crippen LogP contribution in [0.2, 0.25) is 5.02 Å². The van der Waals surface area contributed by atoms with E-state index < -0.39 is 11.9 Å². The minimum Gasteiger partial charge on any atom is -0.489 e. The highest BCUT2D eigenvalue weighted by Crippen LogP contribution is 2.55. The monoisotopic (exact) mass is 1040 g/mol. The summed E-state index contributed by atoms with van der Waals surface area (Å²) in [5.74, 6) is 6.77. The number of anilines is 1. The summed E-state index contributed by atoms with van der Waals surface area (Å²) >= 11 is 7.59. The number of aryl methyl sites for hydroxylation is 1. The van der Waals surface area contributed by atoms with Crippen LogP contribution < -0.4 is 41.3 Å². The van der Waals surface area contributed by atoms with Crippen molar-refractivity contribution in [3.05, 3.63) is 112 Å². The molecule has 5 aliphatic rings. The van der Waals surface area contributed by atoms with Gasteiger partial charge >= 0.3 is 6.01 Å². The summed E-state index contributed by atoms with van der Waals surface area (Å²) in [6.07, 6.45) is 8.33. The van der Waals surface area contributed by atoms with Gasteiger partial charge in [0, 0.05) is 78.5 Å². The van der Waals surface area contributed by atoms with E-state index in [1.165, 1.54) is 17.3 Å². The average molecular weight is 1040 g/mol. The lowest BCUT2D eigenvalue weighted by Crippen LogP contribution is -2.53. The Hall–Kier alpha value is -7.52. The van der Waals surface area contributed by atoms with Gasteiger partial charge in [0.2, 0.25) is 11.8 Å². The van der Waals surface area contributed by atoms with Gasteiger partial charge in [0.15, 0.2) is 11.5 Å². The van der Waals surface area contributed by atoms with Gasteiger partial charge in [-0.05, 0) is 67.0 Å². The highest BCUT2D eigenvalue weighted by atomic mass is 35.5. The predicted molar refractivity (Wildman–Crippen MR) is 280 cm³/mol. The number of fused-ring (bicyclic) bond motifs is 7. The molecule has 0 aliphatic carbocycles. The largest absolute Gasteiger partial charge is 0.489 e. The SMILES string of the molecule is Cc1[nH]ncc1-c1ccc(CNC(=O)C2CCCN2C(=O)CN(N)/C=C(\N)c2ccc(COc3c(-c4c(C)c(F)cc5[nH]ncc45)c(Cl)c4c5c(nc(OC6CCOCC6)nc35)N3C5CNC(C5)C3CO4)cc2)cc1. The van der Waals surface area contributed by atoms with Crippen molar-refractivity contribution >= 4 is 56.7 Å². The molecule has 3 aromatic heterocycles. The second-order valence-electron chi connectivity index (χ2n) is 20.0. The first kappa shape index (κ1) is 48.4. The fourth-order valence-corrected chi connectivity index (χ4v) is 11.7. The van der Waals surface area contributed by atoms with Crippen LogP contribution in [-0.2, 0) is 27.5 Å². The highest BCUT2D eigenvalue weighted by Gasteiger charge is 2.50. The molecule has 12 rings (SSSR count). The molecular formula is C54H57ClFN13O6. The number of hydrogen-bond donors (Lipinski definition) is 6. The number of nitrogens with zero attached hydrogens (tertiary/aromatic N) is 7. The summed E-state index contributed by atoms with van der Waals surface area (Å²) < 4.78 is 41.9. The first-order chi connectivity index (χ1) is 36.5. The Balaban J connectivity index is 0.791. The number of amides is 2. The smallest absolute Gasteiger partial charge is 0.319 e. The van der Waals surface area contributed by atoms with Gasteiger partial charge in [-0.15, -0.1) is 0 Å². The van der Waals surface area contributed by atoms with Gasteiger partial charge in [0.05, 0.1) is 53.3 Å². The van der Waals surface area contributed by atoms with Crippen molar-refractivity contribution in [1.29, 1.82) is 0 Å². The van der Waals surface area contributed by atoms with Gasteiger partial charge in [-0.25, -0.2) is 10.2 Å². The number of ether oxygens (including phenoxy) is 4. The summed E-state index contributed by atoms with van der Waals surface area (Å²) in [6.45, 7) is 6.56. The predicted octanol–water partition coefficient (Wildman–Crippen LogP) is 6.16. The molecule has 388 valence electrons. The third kappa shape index (κ3) is 9.08. The van der Waals surface area contributed by atoms with Crippen molar-refractivity contribution in [2.45, 2.75) is 89.4 Å². The lowest BCUT2D eigenvalue weighted by molar-refractivity contribution is -0.139. The Kier molecular flexibility index (Phi) is 12.9. The molecule has 8 N–H and O–H groups in total. The minimum atomic E-state index is -0.607. The number of H-pyrrole nitrogens is 2. The number of carbonyl (C=O) groups is 2. The topological polar surface area (TPSA) is 240 Å². The molecule has 21 heteroatoms. The summed E-state index contributed by atoms with van der Waals surface area (Å²) in [5.41, 5.74) is 14.4. The normalized spacial score (nSPS) is 20.4. The van der Waals surface area contributed by atoms with E-state index in [2.05, 4.69) is 35.9 Å². The maximum Gasteiger partial charge on any atom is 0.319 e. The molecule has 2 bridgehead atoms. The van der Waals surface area contributed by atoms with Crippen molar-refractivity contribution in [3.8, 4) is 39.8 Å². The summed E-state index contributed by atoms with van der Waals surface area (Å²) in [5, 5.41) is 23.6. The highest BCUT2D eigenvalue weighted by molar-refractivity contribution is 6.38. The second-order valence-corrected chi connectivity index (χ2v) is 20.4. The number of hydrazine groups is 1. The number of nitrogens with one attached hydrogen (secondary N) is 4. The van der Waals surface area contributed by atoms with Crippen LogP contribution in [0.15, 0.2) is 73.2 Å². The molecule has 4 aromatic carbocycles. The van der Waals surface area contributed by atoms with E-state index in [0.717, 1.165) is 40.9 Å². The molecule has 5 aliphatic heterocycles. The van der Waals surface area contributed by atoms with Crippen molar-refractivity contribution in [2.75, 3.05) is 44.4 Å². The molecule has 4 unspecified atom stereocenters. The van der Waals surface area contributed by atoms with Gasteiger partial charge in [-0.1, -0.05) is 60.1 Å². The van der Waals surface area contributed by atoms with Crippen LogP contribution in [0.25, 0.3) is 49.8 Å². The molecule has 4 saturated heterocycles. The van der Waals surface area contributed by atoms with E-state index in [4.69, 9.17) is 52.1 Å². The van der Waals surface area contributed by atoms with E-state index >= 15 is 4.39 Å². The first-order valence-electron chi connectivity index (χ1n) is 25.4. The third-order valence-corrected chi connectivity index (χ3v) is 15.7. The van der Waals surface area contributed by atoms with Crippen LogP contribution in [-0.4, -0.2) is 122 Å². The third-order valence-electron chi connectivity index (χ3n) is 15.3. The van der Waals surface area contributed by atoms with Crippen molar-refractivity contribution in [3.63, 3.8) is 0 Å². The standard InChI is InChI=1S/C54H57ClFN13O6/c1-28-38(56)19-40-37(23-62-66-40)45(28)46-48(55)50-47-49(63-54(75-35-13-16-72-17-14-35)64-52(47)69-34-18-41(59-21-34)43(69)27-74-50)51(46)73-26-31-7-11-33(12-8-31)39(57)24-67(58)25-44(70)68-15-3-4-42(68)53(71)60-20-30-5-9-32(10-6-30)36-22-61-65-29(36)2/h5-12,19,22-24,34-35,41-43,59H,3-4,13-18,20-21,25-27,57-58H2,1-2H3,(H,60,71)(H,61,65)(H,62,66)/b39-24-. The number of aromatic amines is 2. The van der Waals surface area contributed by atoms with Gasteiger partial charge in [0.1, 0.15) is 49.1 Å². The quantitative estimate of drug-likeness (QED) is 0.0528. The van der Waals surface area contributed by atoms with E-state index in [1.807, 2.05) is 55.5 Å². The fraction of sp³-hybridized carbons (Fsp3) is 0.370. The number of rotatable bonds is 14. The number of hydrogen-bond acceptors (Lipinski definition) is 15. The molecule has 0 saturated carbocycles. The Morgan fingerprint density at radius 2 is 1.80 bits per heavy atom. The van der Waals surface area contributed by atoms with Crippen LogP contribution in [0, 0.1) is 19.7 Å². The maximum atomic E-state index is 16.0. The lowest BCUT2D eigenvalue weighted by atomic mass is 9.93. The number of carbonyl (C=O) groups excluding carboxylic acids is 2. The van der Waals surface area contributed by atoms with Crippen LogP contribution in [0.3, 0.4) is 0 Å². The number of halogens is 2. The van der Waals surface area contributed by atoms with Crippen LogP contribution in [0.4, 0.5) is 10.2 Å². The molecule has 0 spiro atoms. The Bertz CT molecular complexity index is 3360. The molecule has 4 atom stereocenters. The second kappa shape index (κ2) is 20.0. The van der Waals surface area contributed by atoms with Crippen LogP contribution in [0.1, 0.15) is 60.1 Å². The molecule has 0 radical (unpaired) electrons. The Labute approximate surface area is 436 Å². The van der Waals surface area contributed by atoms with Crippen molar-refractivity contribution < 1.29 is 32.9 Å². The van der Waals surface area contributed by atoms with E-state index in [0.29, 0.717) is 126 Å². The molecule has 4 fully saturated rings. The molecule has 8 heterocycles. The van der Waals surface area contributed by atoms with Gasteiger partial charge in [0.25, 0.3) is 0 Å². The summed E-state index contributed by atoms with van der Waals surface area (Å²) in [6, 6.07) is 16.7. The molecule has 75 heavy (non-hydrogen) atoms. The number of likely N-dealkylation sites (tertiary alicyclic amines) is 1. The van der Waals surface area contributed by atoms with Crippen LogP contribution >= 0.6 is 11.6 Å². The zero-order chi connectivity index (χ0) is 51.5. The number of aromatic nitrogens is 6. The minimum absolute atomic E-state index is 0.0347. The Morgan fingerprint density at radius 1 is 1.01 bits per heavy atom. The molecule has 7 aromatic rings. The van der Waals surface area contributed by atoms with Gasteiger partial charge in [-0.2, -0.15) is 20.2 Å². The van der Waals surface area contributed by atoms with Crippen molar-refractivity contribution in [1.82, 2.24) is 50.9 Å². The van der Waals surface area contributed by atoms with E-state index in [1.54, 1.807) is 24.2 Å². The van der Waals surface area contributed by atoms with Crippen molar-refractivity contribution in [2.24, 2.45) is 11.6 Å². The van der Waals surface area contributed by atoms with Crippen LogP contribution in [0.5, 0.6) is 17.5 Å². The van der Waals surface area contributed by atoms with E-state index in [9.17, 15) is 9.59 Å². The zero-order valence-corrected chi connectivity index (χ0v) is 42.3. The van der Waals surface area contributed by atoms with E-state index in [-0.39, 0.29) is 60.2 Å². The lowest BCUT2D eigenvalue weighted by Gasteiger charge is -2.35. The average Bonchev–Trinajstić information content (AvgIpc) is 4.30. The maximum absolute atomic E-state index is 16.0. The zero-order valence-electron chi connectivity index (χ0n) is 41.5. The fourth-order valence-electron chi connectivity index (χ4n) is 11.4. The van der Waals surface area contributed by atoms with Gasteiger partial charge in [-0.3, -0.25) is 19.8 Å². The number of piperazine rings is 1. The first-order valence-corrected chi connectivity index (χ1v) is 25.8. The summed E-state index contributed by atoms with van der Waals surface area (Å²) in [7, 11) is 0. The number of benzene rings is 4. The summed E-state index contributed by atoms with van der Waals surface area (Å²) in [4.78, 5) is 41.2. The molecular weight excluding hydrogens is 981 g/mol. The molecule has 19 nitrogen and oxygen atoms in total. The van der Waals surface area contributed by atoms with Gasteiger partial charge < -0.3 is 50.1 Å².